The summed E-state index contributed by atoms with van der Waals surface area (Å²) in [5.74, 6) is 0.683. The van der Waals surface area contributed by atoms with Crippen molar-refractivity contribution in [2.24, 2.45) is 5.73 Å². The van der Waals surface area contributed by atoms with Crippen molar-refractivity contribution in [2.75, 3.05) is 0 Å². The van der Waals surface area contributed by atoms with Crippen LogP contribution in [0.1, 0.15) is 21.5 Å². The first kappa shape index (κ1) is 15.0. The Morgan fingerprint density at radius 1 is 1.20 bits per heavy atom. The van der Waals surface area contributed by atoms with Gasteiger partial charge in [-0.05, 0) is 75.0 Å². The van der Waals surface area contributed by atoms with Crippen LogP contribution in [0.4, 0.5) is 0 Å². The van der Waals surface area contributed by atoms with E-state index >= 15 is 0 Å². The molecule has 0 atom stereocenters. The van der Waals surface area contributed by atoms with Crippen molar-refractivity contribution in [1.29, 1.82) is 0 Å². The molecule has 1 aromatic heterocycles. The predicted octanol–water partition coefficient (Wildman–Crippen LogP) is 4.11. The molecule has 0 bridgehead atoms. The van der Waals surface area contributed by atoms with Crippen LogP contribution in [0.25, 0.3) is 0 Å². The van der Waals surface area contributed by atoms with Crippen molar-refractivity contribution in [1.82, 2.24) is 4.98 Å². The van der Waals surface area contributed by atoms with E-state index in [2.05, 4.69) is 36.8 Å². The van der Waals surface area contributed by atoms with Crippen LogP contribution in [-0.4, -0.2) is 10.9 Å². The van der Waals surface area contributed by atoms with Gasteiger partial charge in [0.2, 0.25) is 11.8 Å². The van der Waals surface area contributed by atoms with Crippen molar-refractivity contribution in [2.45, 2.75) is 13.8 Å². The molecule has 1 aromatic carbocycles. The number of hydrogen-bond donors (Lipinski definition) is 1. The highest BCUT2D eigenvalue weighted by Crippen LogP contribution is 2.33. The normalized spacial score (nSPS) is 10.4. The van der Waals surface area contributed by atoms with Crippen LogP contribution in [0.2, 0.25) is 0 Å². The second kappa shape index (κ2) is 5.93. The quantitative estimate of drug-likeness (QED) is 0.844. The van der Waals surface area contributed by atoms with Crippen molar-refractivity contribution in [3.63, 3.8) is 0 Å². The summed E-state index contributed by atoms with van der Waals surface area (Å²) < 4.78 is 7.43. The smallest absolute Gasteiger partial charge is 0.248 e. The molecule has 6 heteroatoms. The number of halogens is 2. The molecule has 1 heterocycles. The average molecular weight is 400 g/mol. The van der Waals surface area contributed by atoms with Crippen LogP contribution in [0.5, 0.6) is 11.6 Å². The largest absolute Gasteiger partial charge is 0.437 e. The first-order valence-corrected chi connectivity index (χ1v) is 7.37. The molecule has 2 rings (SSSR count). The topological polar surface area (TPSA) is 65.2 Å². The Hall–Kier alpha value is -1.40. The molecule has 4 nitrogen and oxygen atoms in total. The minimum atomic E-state index is -0.453. The summed E-state index contributed by atoms with van der Waals surface area (Å²) in [5, 5.41) is 0. The fraction of sp³-hybridized carbons (Fsp3) is 0.143. The Bertz CT molecular complexity index is 664. The van der Waals surface area contributed by atoms with E-state index in [0.29, 0.717) is 17.2 Å². The monoisotopic (exact) mass is 398 g/mol. The fourth-order valence-corrected chi connectivity index (χ4v) is 2.90. The van der Waals surface area contributed by atoms with E-state index in [0.717, 1.165) is 20.1 Å². The molecule has 0 saturated carbocycles. The molecular formula is C14H12Br2N2O2. The summed E-state index contributed by atoms with van der Waals surface area (Å²) in [4.78, 5) is 15.4. The summed E-state index contributed by atoms with van der Waals surface area (Å²) >= 11 is 6.74. The number of rotatable bonds is 3. The van der Waals surface area contributed by atoms with Crippen LogP contribution < -0.4 is 10.5 Å². The number of primary amides is 1. The zero-order chi connectivity index (χ0) is 14.9. The number of amides is 1. The van der Waals surface area contributed by atoms with Crippen molar-refractivity contribution in [3.8, 4) is 11.6 Å². The average Bonchev–Trinajstić information content (AvgIpc) is 2.35. The first-order chi connectivity index (χ1) is 9.38. The van der Waals surface area contributed by atoms with Gasteiger partial charge in [-0.25, -0.2) is 4.98 Å². The number of nitrogens with two attached hydrogens (primary N) is 1. The number of hydrogen-bond acceptors (Lipinski definition) is 3. The second-order valence-electron chi connectivity index (χ2n) is 4.35. The lowest BCUT2D eigenvalue weighted by molar-refractivity contribution is 0.1000. The highest BCUT2D eigenvalue weighted by molar-refractivity contribution is 9.11. The Labute approximate surface area is 133 Å². The van der Waals surface area contributed by atoms with Crippen molar-refractivity contribution in [3.05, 3.63) is 50.0 Å². The van der Waals surface area contributed by atoms with E-state index < -0.39 is 5.91 Å². The van der Waals surface area contributed by atoms with E-state index in [1.165, 1.54) is 0 Å². The lowest BCUT2D eigenvalue weighted by Gasteiger charge is -2.13. The van der Waals surface area contributed by atoms with Gasteiger partial charge in [0.25, 0.3) is 0 Å². The summed E-state index contributed by atoms with van der Waals surface area (Å²) in [6.45, 7) is 3.73. The number of aryl methyl sites for hydroxylation is 2. The lowest BCUT2D eigenvalue weighted by atomic mass is 10.1. The van der Waals surface area contributed by atoms with Gasteiger partial charge >= 0.3 is 0 Å². The minimum Gasteiger partial charge on any atom is -0.437 e. The third-order valence-corrected chi connectivity index (χ3v) is 3.72. The van der Waals surface area contributed by atoms with Gasteiger partial charge < -0.3 is 10.5 Å². The van der Waals surface area contributed by atoms with Gasteiger partial charge in [0.1, 0.15) is 5.75 Å². The van der Waals surface area contributed by atoms with Gasteiger partial charge in [0.05, 0.1) is 4.47 Å². The number of pyridine rings is 1. The minimum absolute atomic E-state index is 0.453. The number of nitrogens with zero attached hydrogens (tertiary/aromatic N) is 1. The van der Waals surface area contributed by atoms with Crippen LogP contribution >= 0.6 is 31.9 Å². The molecule has 0 aliphatic rings. The van der Waals surface area contributed by atoms with E-state index in [9.17, 15) is 4.79 Å². The molecule has 104 valence electrons. The summed E-state index contributed by atoms with van der Waals surface area (Å²) in [6, 6.07) is 5.26. The summed E-state index contributed by atoms with van der Waals surface area (Å²) in [5.41, 5.74) is 7.42. The van der Waals surface area contributed by atoms with Gasteiger partial charge in [-0.15, -0.1) is 0 Å². The maximum absolute atomic E-state index is 11.2. The van der Waals surface area contributed by atoms with Gasteiger partial charge in [-0.2, -0.15) is 0 Å². The molecule has 0 aliphatic heterocycles. The van der Waals surface area contributed by atoms with Crippen LogP contribution in [0, 0.1) is 13.8 Å². The molecule has 2 aromatic rings. The Morgan fingerprint density at radius 2 is 1.80 bits per heavy atom. The summed E-state index contributed by atoms with van der Waals surface area (Å²) in [7, 11) is 0. The molecule has 20 heavy (non-hydrogen) atoms. The van der Waals surface area contributed by atoms with E-state index in [1.54, 1.807) is 18.3 Å². The summed E-state index contributed by atoms with van der Waals surface area (Å²) in [6.07, 6.45) is 1.66. The molecule has 0 aliphatic carbocycles. The molecular weight excluding hydrogens is 388 g/mol. The number of benzene rings is 1. The van der Waals surface area contributed by atoms with Gasteiger partial charge in [0, 0.05) is 16.2 Å². The maximum Gasteiger partial charge on any atom is 0.248 e. The van der Waals surface area contributed by atoms with Gasteiger partial charge in [0.15, 0.2) is 0 Å². The standard InChI is InChI=1S/C14H12Br2N2O2/c1-7-3-9(13(17)19)4-8(2)12(7)20-14-11(16)5-10(15)6-18-14/h3-6H,1-2H3,(H2,17,19). The van der Waals surface area contributed by atoms with Gasteiger partial charge in [-0.1, -0.05) is 0 Å². The zero-order valence-electron chi connectivity index (χ0n) is 10.9. The van der Waals surface area contributed by atoms with E-state index in [4.69, 9.17) is 10.5 Å². The first-order valence-electron chi connectivity index (χ1n) is 5.78. The highest BCUT2D eigenvalue weighted by Gasteiger charge is 2.12. The Morgan fingerprint density at radius 3 is 2.30 bits per heavy atom. The molecule has 0 unspecified atom stereocenters. The molecule has 1 amide bonds. The Balaban J connectivity index is 2.41. The van der Waals surface area contributed by atoms with Gasteiger partial charge in [-0.3, -0.25) is 4.79 Å². The number of carbonyl (C=O) groups is 1. The number of carbonyl (C=O) groups excluding carboxylic acids is 1. The van der Waals surface area contributed by atoms with Crippen LogP contribution in [0.3, 0.4) is 0 Å². The molecule has 0 fully saturated rings. The zero-order valence-corrected chi connectivity index (χ0v) is 14.1. The number of ether oxygens (including phenoxy) is 1. The van der Waals surface area contributed by atoms with Crippen molar-refractivity contribution < 1.29 is 9.53 Å². The van der Waals surface area contributed by atoms with Crippen molar-refractivity contribution >= 4 is 37.8 Å². The van der Waals surface area contributed by atoms with E-state index in [1.807, 2.05) is 19.9 Å². The van der Waals surface area contributed by atoms with Crippen LogP contribution in [0.15, 0.2) is 33.3 Å². The highest BCUT2D eigenvalue weighted by atomic mass is 79.9. The molecule has 0 saturated heterocycles. The fourth-order valence-electron chi connectivity index (χ4n) is 1.83. The number of aromatic nitrogens is 1. The van der Waals surface area contributed by atoms with Crippen LogP contribution in [-0.2, 0) is 0 Å². The molecule has 2 N–H and O–H groups in total. The lowest BCUT2D eigenvalue weighted by Crippen LogP contribution is -2.11. The Kier molecular flexibility index (Phi) is 4.45. The molecule has 0 spiro atoms. The van der Waals surface area contributed by atoms with E-state index in [-0.39, 0.29) is 0 Å². The molecule has 0 radical (unpaired) electrons. The SMILES string of the molecule is Cc1cc(C(N)=O)cc(C)c1Oc1ncc(Br)cc1Br. The third kappa shape index (κ3) is 3.19. The third-order valence-electron chi connectivity index (χ3n) is 2.72. The second-order valence-corrected chi connectivity index (χ2v) is 6.12. The maximum atomic E-state index is 11.2. The predicted molar refractivity (Wildman–Crippen MR) is 84.1 cm³/mol.